The van der Waals surface area contributed by atoms with Crippen LogP contribution in [0.4, 0.5) is 0 Å². The van der Waals surface area contributed by atoms with Crippen molar-refractivity contribution in [2.24, 2.45) is 4.99 Å². The van der Waals surface area contributed by atoms with E-state index in [4.69, 9.17) is 5.26 Å². The van der Waals surface area contributed by atoms with Gasteiger partial charge in [-0.05, 0) is 34.3 Å². The normalized spacial score (nSPS) is 11.1. The maximum Gasteiger partial charge on any atom is 0.183 e. The van der Waals surface area contributed by atoms with Gasteiger partial charge in [0.05, 0.1) is 10.3 Å². The topological polar surface area (TPSA) is 48.2 Å². The van der Waals surface area contributed by atoms with E-state index in [2.05, 4.69) is 26.2 Å². The molecule has 0 unspecified atom stereocenters. The zero-order valence-electron chi connectivity index (χ0n) is 7.45. The second kappa shape index (κ2) is 6.06. The number of nitrogens with one attached hydrogen (secondary N) is 1. The van der Waals surface area contributed by atoms with Gasteiger partial charge in [0.1, 0.15) is 0 Å². The molecule has 0 radical (unpaired) electrons. The van der Waals surface area contributed by atoms with Crippen molar-refractivity contribution in [3.8, 4) is 6.19 Å². The molecule has 1 aromatic heterocycles. The second-order valence-electron chi connectivity index (χ2n) is 2.27. The van der Waals surface area contributed by atoms with Gasteiger partial charge in [0.2, 0.25) is 0 Å². The van der Waals surface area contributed by atoms with Gasteiger partial charge in [-0.3, -0.25) is 10.3 Å². The Morgan fingerprint density at radius 1 is 1.79 bits per heavy atom. The van der Waals surface area contributed by atoms with Crippen molar-refractivity contribution in [3.63, 3.8) is 0 Å². The number of aliphatic imine (C=N–C) groups is 1. The van der Waals surface area contributed by atoms with Gasteiger partial charge in [0.25, 0.3) is 0 Å². The van der Waals surface area contributed by atoms with Crippen LogP contribution in [-0.4, -0.2) is 11.4 Å². The Balaban J connectivity index is 2.57. The molecular formula is C8H8BrN3S2. The predicted octanol–water partition coefficient (Wildman–Crippen LogP) is 2.80. The van der Waals surface area contributed by atoms with Gasteiger partial charge in [-0.2, -0.15) is 5.26 Å². The molecular weight excluding hydrogens is 282 g/mol. The van der Waals surface area contributed by atoms with Gasteiger partial charge in [-0.25, -0.2) is 0 Å². The lowest BCUT2D eigenvalue weighted by atomic mass is 10.5. The number of nitrogens with zero attached hydrogens (tertiary/aromatic N) is 2. The fourth-order valence-electron chi connectivity index (χ4n) is 0.789. The number of amidine groups is 1. The Morgan fingerprint density at radius 2 is 2.57 bits per heavy atom. The van der Waals surface area contributed by atoms with Crippen LogP contribution >= 0.6 is 39.0 Å². The van der Waals surface area contributed by atoms with Crippen LogP contribution in [0.25, 0.3) is 0 Å². The molecule has 0 aromatic carbocycles. The van der Waals surface area contributed by atoms with Crippen LogP contribution in [0.3, 0.4) is 0 Å². The average Bonchev–Trinajstić information content (AvgIpc) is 2.59. The number of halogens is 1. The quantitative estimate of drug-likeness (QED) is 0.394. The van der Waals surface area contributed by atoms with E-state index in [9.17, 15) is 0 Å². The zero-order chi connectivity index (χ0) is 10.4. The van der Waals surface area contributed by atoms with Gasteiger partial charge in [0, 0.05) is 4.88 Å². The molecule has 1 N–H and O–H groups in total. The molecule has 0 aliphatic heterocycles. The molecule has 1 heterocycles. The number of nitriles is 1. The molecule has 1 aromatic rings. The highest BCUT2D eigenvalue weighted by molar-refractivity contribution is 9.11. The third kappa shape index (κ3) is 3.70. The second-order valence-corrected chi connectivity index (χ2v) is 5.61. The Morgan fingerprint density at radius 3 is 3.07 bits per heavy atom. The van der Waals surface area contributed by atoms with Gasteiger partial charge >= 0.3 is 0 Å². The summed E-state index contributed by atoms with van der Waals surface area (Å²) in [6.07, 6.45) is 3.74. The van der Waals surface area contributed by atoms with E-state index in [-0.39, 0.29) is 0 Å². The van der Waals surface area contributed by atoms with Crippen LogP contribution in [0.2, 0.25) is 0 Å². The molecule has 0 atom stereocenters. The highest BCUT2D eigenvalue weighted by Crippen LogP contribution is 2.22. The van der Waals surface area contributed by atoms with Crippen LogP contribution in [0.1, 0.15) is 4.88 Å². The smallest absolute Gasteiger partial charge is 0.183 e. The van der Waals surface area contributed by atoms with E-state index in [0.717, 1.165) is 3.79 Å². The Kier molecular flexibility index (Phi) is 5.01. The fraction of sp³-hybridized carbons (Fsp3) is 0.250. The summed E-state index contributed by atoms with van der Waals surface area (Å²) < 4.78 is 1.10. The SMILES string of the molecule is CSC(=NCc1ccc(Br)s1)NC#N. The lowest BCUT2D eigenvalue weighted by Crippen LogP contribution is -2.13. The van der Waals surface area contributed by atoms with Gasteiger partial charge in [0.15, 0.2) is 11.4 Å². The van der Waals surface area contributed by atoms with Crippen LogP contribution in [0.15, 0.2) is 20.9 Å². The molecule has 0 saturated heterocycles. The maximum absolute atomic E-state index is 8.41. The Hall–Kier alpha value is -0.510. The van der Waals surface area contributed by atoms with E-state index in [1.807, 2.05) is 24.6 Å². The van der Waals surface area contributed by atoms with E-state index >= 15 is 0 Å². The number of thioether (sulfide) groups is 1. The first kappa shape index (κ1) is 11.6. The molecule has 0 spiro atoms. The minimum absolute atomic E-state index is 0.612. The molecule has 0 aliphatic carbocycles. The summed E-state index contributed by atoms with van der Waals surface area (Å²) in [5.41, 5.74) is 0. The standard InChI is InChI=1S/C8H8BrN3S2/c1-13-8(12-5-10)11-4-6-2-3-7(9)14-6/h2-3H,4H2,1H3,(H,11,12). The van der Waals surface area contributed by atoms with Gasteiger partial charge in [-0.1, -0.05) is 11.8 Å². The van der Waals surface area contributed by atoms with Crippen LogP contribution in [0.5, 0.6) is 0 Å². The zero-order valence-corrected chi connectivity index (χ0v) is 10.7. The summed E-state index contributed by atoms with van der Waals surface area (Å²) in [6, 6.07) is 4.01. The molecule has 0 saturated carbocycles. The van der Waals surface area contributed by atoms with Crippen molar-refractivity contribution in [1.29, 1.82) is 5.26 Å². The minimum Gasteiger partial charge on any atom is -0.272 e. The fourth-order valence-corrected chi connectivity index (χ4v) is 2.54. The average molecular weight is 290 g/mol. The summed E-state index contributed by atoms with van der Waals surface area (Å²) in [4.78, 5) is 5.42. The van der Waals surface area contributed by atoms with Crippen LogP contribution in [0, 0.1) is 11.5 Å². The van der Waals surface area contributed by atoms with E-state index in [1.165, 1.54) is 16.6 Å². The van der Waals surface area contributed by atoms with Crippen LogP contribution < -0.4 is 5.32 Å². The molecule has 0 amide bonds. The summed E-state index contributed by atoms with van der Waals surface area (Å²) in [7, 11) is 0. The number of hydrogen-bond acceptors (Lipinski definition) is 4. The van der Waals surface area contributed by atoms with Gasteiger partial charge in [-0.15, -0.1) is 11.3 Å². The summed E-state index contributed by atoms with van der Waals surface area (Å²) >= 11 is 6.46. The molecule has 0 aliphatic rings. The first-order valence-corrected chi connectivity index (χ1v) is 6.57. The molecule has 6 heteroatoms. The van der Waals surface area contributed by atoms with Crippen molar-refractivity contribution < 1.29 is 0 Å². The molecule has 0 fully saturated rings. The van der Waals surface area contributed by atoms with Crippen molar-refractivity contribution in [1.82, 2.24) is 5.32 Å². The highest BCUT2D eigenvalue weighted by atomic mass is 79.9. The monoisotopic (exact) mass is 289 g/mol. The molecule has 0 bridgehead atoms. The number of rotatable bonds is 2. The van der Waals surface area contributed by atoms with Crippen LogP contribution in [-0.2, 0) is 6.54 Å². The number of thiophene rings is 1. The van der Waals surface area contributed by atoms with Gasteiger partial charge < -0.3 is 0 Å². The highest BCUT2D eigenvalue weighted by Gasteiger charge is 1.98. The van der Waals surface area contributed by atoms with E-state index in [0.29, 0.717) is 11.7 Å². The van der Waals surface area contributed by atoms with Crippen molar-refractivity contribution in [2.45, 2.75) is 6.54 Å². The number of hydrogen-bond donors (Lipinski definition) is 1. The molecule has 14 heavy (non-hydrogen) atoms. The molecule has 1 rings (SSSR count). The van der Waals surface area contributed by atoms with E-state index in [1.54, 1.807) is 11.3 Å². The molecule has 74 valence electrons. The lowest BCUT2D eigenvalue weighted by Gasteiger charge is -1.97. The summed E-state index contributed by atoms with van der Waals surface area (Å²) in [5.74, 6) is 0. The first-order valence-electron chi connectivity index (χ1n) is 3.74. The third-order valence-electron chi connectivity index (χ3n) is 1.36. The minimum atomic E-state index is 0.612. The Bertz CT molecular complexity index is 367. The Labute approximate surface area is 99.4 Å². The van der Waals surface area contributed by atoms with E-state index < -0.39 is 0 Å². The van der Waals surface area contributed by atoms with Crippen molar-refractivity contribution >= 4 is 44.2 Å². The summed E-state index contributed by atoms with van der Waals surface area (Å²) in [6.45, 7) is 0.612. The first-order chi connectivity index (χ1) is 6.76. The van der Waals surface area contributed by atoms with Crippen molar-refractivity contribution in [2.75, 3.05) is 6.26 Å². The molecule has 3 nitrogen and oxygen atoms in total. The van der Waals surface area contributed by atoms with Crippen molar-refractivity contribution in [3.05, 3.63) is 20.8 Å². The lowest BCUT2D eigenvalue weighted by molar-refractivity contribution is 1.09. The predicted molar refractivity (Wildman–Crippen MR) is 65.4 cm³/mol. The largest absolute Gasteiger partial charge is 0.272 e. The third-order valence-corrected chi connectivity index (χ3v) is 3.59. The summed E-state index contributed by atoms with van der Waals surface area (Å²) in [5, 5.41) is 11.6. The maximum atomic E-state index is 8.41.